The second-order valence-electron chi connectivity index (χ2n) is 6.41. The first-order chi connectivity index (χ1) is 12.0. The minimum atomic E-state index is -0.211. The number of hydrogen-bond acceptors (Lipinski definition) is 4. The standard InChI is InChI=1S/C17H21ClN4O2S/c1-10(2)22-15(20-21-17(22)25)5-6-19-16(23)12-7-11-8-13(18)3-4-14(11)24-9-12/h3-4,8,10,12H,5-7,9H2,1-2H3,(H,19,23)(H,21,25)/t12-/m0/s1. The molecule has 2 aromatic rings. The van der Waals surface area contributed by atoms with Crippen molar-refractivity contribution < 1.29 is 9.53 Å². The summed E-state index contributed by atoms with van der Waals surface area (Å²) < 4.78 is 8.24. The van der Waals surface area contributed by atoms with Crippen LogP contribution in [-0.2, 0) is 17.6 Å². The molecular formula is C17H21ClN4O2S. The van der Waals surface area contributed by atoms with Gasteiger partial charge in [0.25, 0.3) is 0 Å². The molecule has 0 bridgehead atoms. The van der Waals surface area contributed by atoms with Gasteiger partial charge in [-0.2, -0.15) is 5.10 Å². The largest absolute Gasteiger partial charge is 0.492 e. The lowest BCUT2D eigenvalue weighted by molar-refractivity contribution is -0.126. The van der Waals surface area contributed by atoms with Crippen molar-refractivity contribution in [3.8, 4) is 5.75 Å². The Labute approximate surface area is 156 Å². The summed E-state index contributed by atoms with van der Waals surface area (Å²) in [5.74, 6) is 1.42. The lowest BCUT2D eigenvalue weighted by Crippen LogP contribution is -2.38. The maximum Gasteiger partial charge on any atom is 0.226 e. The first kappa shape index (κ1) is 17.9. The van der Waals surface area contributed by atoms with Crippen molar-refractivity contribution in [1.29, 1.82) is 0 Å². The molecule has 1 aromatic heterocycles. The van der Waals surface area contributed by atoms with E-state index in [1.807, 2.05) is 16.7 Å². The minimum Gasteiger partial charge on any atom is -0.492 e. The molecule has 6 nitrogen and oxygen atoms in total. The van der Waals surface area contributed by atoms with Gasteiger partial charge in [-0.05, 0) is 56.2 Å². The molecule has 25 heavy (non-hydrogen) atoms. The van der Waals surface area contributed by atoms with Crippen LogP contribution in [0.1, 0.15) is 31.3 Å². The number of rotatable bonds is 5. The second kappa shape index (κ2) is 7.58. The Bertz CT molecular complexity index is 830. The summed E-state index contributed by atoms with van der Waals surface area (Å²) in [5.41, 5.74) is 0.972. The Kier molecular flexibility index (Phi) is 5.44. The fourth-order valence-electron chi connectivity index (χ4n) is 3.02. The van der Waals surface area contributed by atoms with Crippen LogP contribution >= 0.6 is 23.8 Å². The van der Waals surface area contributed by atoms with Crippen molar-refractivity contribution in [3.63, 3.8) is 0 Å². The van der Waals surface area contributed by atoms with E-state index >= 15 is 0 Å². The number of nitrogens with one attached hydrogen (secondary N) is 2. The van der Waals surface area contributed by atoms with Gasteiger partial charge in [-0.25, -0.2) is 0 Å². The number of ether oxygens (including phenoxy) is 1. The average Bonchev–Trinajstić information content (AvgIpc) is 2.94. The van der Waals surface area contributed by atoms with E-state index in [1.165, 1.54) is 0 Å². The van der Waals surface area contributed by atoms with E-state index in [0.29, 0.717) is 35.8 Å². The van der Waals surface area contributed by atoms with E-state index in [4.69, 9.17) is 28.6 Å². The zero-order valence-electron chi connectivity index (χ0n) is 14.2. The van der Waals surface area contributed by atoms with E-state index < -0.39 is 0 Å². The Morgan fingerprint density at radius 2 is 2.36 bits per heavy atom. The Hall–Kier alpha value is -1.86. The summed E-state index contributed by atoms with van der Waals surface area (Å²) in [5, 5.41) is 10.7. The molecule has 0 fully saturated rings. The lowest BCUT2D eigenvalue weighted by atomic mass is 9.96. The smallest absolute Gasteiger partial charge is 0.226 e. The highest BCUT2D eigenvalue weighted by molar-refractivity contribution is 7.71. The zero-order valence-corrected chi connectivity index (χ0v) is 15.8. The van der Waals surface area contributed by atoms with Crippen molar-refractivity contribution in [3.05, 3.63) is 39.4 Å². The fourth-order valence-corrected chi connectivity index (χ4v) is 3.58. The maximum atomic E-state index is 12.4. The second-order valence-corrected chi connectivity index (χ2v) is 7.24. The SMILES string of the molecule is CC(C)n1c(CCNC(=O)[C@@H]2COc3ccc(Cl)cc3C2)n[nH]c1=S. The average molecular weight is 381 g/mol. The zero-order chi connectivity index (χ0) is 18.0. The fraction of sp³-hybridized carbons (Fsp3) is 0.471. The highest BCUT2D eigenvalue weighted by Crippen LogP contribution is 2.29. The predicted molar refractivity (Wildman–Crippen MR) is 98.7 cm³/mol. The molecule has 3 rings (SSSR count). The van der Waals surface area contributed by atoms with E-state index in [-0.39, 0.29) is 17.9 Å². The third-order valence-electron chi connectivity index (χ3n) is 4.24. The number of amides is 1. The number of H-pyrrole nitrogens is 1. The van der Waals surface area contributed by atoms with Gasteiger partial charge in [0.05, 0.1) is 5.92 Å². The van der Waals surface area contributed by atoms with Gasteiger partial charge >= 0.3 is 0 Å². The number of benzene rings is 1. The van der Waals surface area contributed by atoms with Crippen molar-refractivity contribution in [1.82, 2.24) is 20.1 Å². The van der Waals surface area contributed by atoms with Gasteiger partial charge < -0.3 is 14.6 Å². The number of aromatic nitrogens is 3. The van der Waals surface area contributed by atoms with Crippen LogP contribution in [0.2, 0.25) is 5.02 Å². The molecule has 1 aliphatic heterocycles. The Morgan fingerprint density at radius 1 is 1.56 bits per heavy atom. The normalized spacial score (nSPS) is 16.4. The Morgan fingerprint density at radius 3 is 3.12 bits per heavy atom. The summed E-state index contributed by atoms with van der Waals surface area (Å²) in [7, 11) is 0. The first-order valence-corrected chi connectivity index (χ1v) is 9.09. The van der Waals surface area contributed by atoms with Crippen LogP contribution in [0, 0.1) is 10.7 Å². The van der Waals surface area contributed by atoms with Gasteiger partial charge in [-0.15, -0.1) is 0 Å². The molecule has 0 aliphatic carbocycles. The van der Waals surface area contributed by atoms with Crippen molar-refractivity contribution in [2.75, 3.05) is 13.2 Å². The third-order valence-corrected chi connectivity index (χ3v) is 4.76. The van der Waals surface area contributed by atoms with Crippen LogP contribution in [0.3, 0.4) is 0 Å². The summed E-state index contributed by atoms with van der Waals surface area (Å²) in [6, 6.07) is 5.73. The van der Waals surface area contributed by atoms with Crippen LogP contribution in [0.4, 0.5) is 0 Å². The van der Waals surface area contributed by atoms with Crippen molar-refractivity contribution >= 4 is 29.7 Å². The molecule has 2 N–H and O–H groups in total. The molecule has 1 amide bonds. The van der Waals surface area contributed by atoms with Crippen LogP contribution in [0.15, 0.2) is 18.2 Å². The molecule has 0 saturated heterocycles. The highest BCUT2D eigenvalue weighted by Gasteiger charge is 2.26. The van der Waals surface area contributed by atoms with Gasteiger partial charge in [-0.1, -0.05) is 11.6 Å². The minimum absolute atomic E-state index is 0.0177. The van der Waals surface area contributed by atoms with Crippen LogP contribution < -0.4 is 10.1 Å². The number of carbonyl (C=O) groups is 1. The molecule has 0 unspecified atom stereocenters. The first-order valence-electron chi connectivity index (χ1n) is 8.30. The molecular weight excluding hydrogens is 360 g/mol. The van der Waals surface area contributed by atoms with Gasteiger partial charge in [-0.3, -0.25) is 9.89 Å². The Balaban J connectivity index is 1.56. The molecule has 1 aromatic carbocycles. The summed E-state index contributed by atoms with van der Waals surface area (Å²) >= 11 is 11.3. The van der Waals surface area contributed by atoms with E-state index in [0.717, 1.165) is 17.1 Å². The molecule has 0 radical (unpaired) electrons. The highest BCUT2D eigenvalue weighted by atomic mass is 35.5. The molecule has 1 atom stereocenters. The summed E-state index contributed by atoms with van der Waals surface area (Å²) in [4.78, 5) is 12.4. The molecule has 2 heterocycles. The number of carbonyl (C=O) groups excluding carboxylic acids is 1. The lowest BCUT2D eigenvalue weighted by Gasteiger charge is -2.24. The molecule has 8 heteroatoms. The molecule has 134 valence electrons. The quantitative estimate of drug-likeness (QED) is 0.782. The monoisotopic (exact) mass is 380 g/mol. The van der Waals surface area contributed by atoms with Gasteiger partial charge in [0.2, 0.25) is 5.91 Å². The molecule has 0 spiro atoms. The van der Waals surface area contributed by atoms with E-state index in [9.17, 15) is 4.79 Å². The number of nitrogens with zero attached hydrogens (tertiary/aromatic N) is 2. The maximum absolute atomic E-state index is 12.4. The number of halogens is 1. The van der Waals surface area contributed by atoms with Crippen molar-refractivity contribution in [2.24, 2.45) is 5.92 Å². The van der Waals surface area contributed by atoms with Gasteiger partial charge in [0, 0.05) is 24.0 Å². The van der Waals surface area contributed by atoms with Crippen LogP contribution in [-0.4, -0.2) is 33.8 Å². The summed E-state index contributed by atoms with van der Waals surface area (Å²) in [6.07, 6.45) is 1.25. The van der Waals surface area contributed by atoms with E-state index in [1.54, 1.807) is 6.07 Å². The topological polar surface area (TPSA) is 71.9 Å². The van der Waals surface area contributed by atoms with Crippen LogP contribution in [0.25, 0.3) is 0 Å². The van der Waals surface area contributed by atoms with Gasteiger partial charge in [0.1, 0.15) is 18.2 Å². The number of fused-ring (bicyclic) bond motifs is 1. The number of aromatic amines is 1. The van der Waals surface area contributed by atoms with Gasteiger partial charge in [0.15, 0.2) is 4.77 Å². The number of hydrogen-bond donors (Lipinski definition) is 2. The van der Waals surface area contributed by atoms with Crippen LogP contribution in [0.5, 0.6) is 5.75 Å². The predicted octanol–water partition coefficient (Wildman–Crippen LogP) is 3.08. The third kappa shape index (κ3) is 4.04. The van der Waals surface area contributed by atoms with E-state index in [2.05, 4.69) is 29.4 Å². The summed E-state index contributed by atoms with van der Waals surface area (Å²) in [6.45, 7) is 4.99. The molecule has 0 saturated carbocycles. The molecule has 1 aliphatic rings. The van der Waals surface area contributed by atoms with Crippen molar-refractivity contribution in [2.45, 2.75) is 32.7 Å².